The molecule has 0 saturated heterocycles. The van der Waals surface area contributed by atoms with Gasteiger partial charge in [-0.15, -0.1) is 0 Å². The number of amides is 2. The molecule has 0 aliphatic rings. The van der Waals surface area contributed by atoms with Gasteiger partial charge in [0.05, 0.1) is 12.1 Å². The Hall–Kier alpha value is -3.22. The molecular formula is C17H15FN4O2. The monoisotopic (exact) mass is 326 g/mol. The van der Waals surface area contributed by atoms with Crippen LogP contribution in [0.5, 0.6) is 0 Å². The first-order valence-electron chi connectivity index (χ1n) is 7.28. The van der Waals surface area contributed by atoms with Crippen LogP contribution in [0.1, 0.15) is 10.5 Å². The van der Waals surface area contributed by atoms with E-state index in [2.05, 4.69) is 15.5 Å². The van der Waals surface area contributed by atoms with Gasteiger partial charge in [-0.1, -0.05) is 18.2 Å². The Balaban J connectivity index is 1.67. The molecule has 0 fully saturated rings. The van der Waals surface area contributed by atoms with Crippen molar-refractivity contribution in [3.05, 3.63) is 60.0 Å². The zero-order chi connectivity index (χ0) is 17.1. The van der Waals surface area contributed by atoms with E-state index in [-0.39, 0.29) is 29.9 Å². The van der Waals surface area contributed by atoms with Crippen molar-refractivity contribution in [2.45, 2.75) is 0 Å². The van der Waals surface area contributed by atoms with Gasteiger partial charge < -0.3 is 10.2 Å². The fraction of sp³-hybridized carbons (Fsp3) is 0.118. The summed E-state index contributed by atoms with van der Waals surface area (Å²) in [6.45, 7) is -0.141. The number of carbonyl (C=O) groups is 2. The number of rotatable bonds is 4. The van der Waals surface area contributed by atoms with Crippen molar-refractivity contribution in [2.24, 2.45) is 0 Å². The Labute approximate surface area is 137 Å². The molecule has 0 saturated carbocycles. The number of halogens is 1. The maximum atomic E-state index is 12.8. The van der Waals surface area contributed by atoms with Crippen molar-refractivity contribution < 1.29 is 14.0 Å². The molecule has 0 aliphatic heterocycles. The summed E-state index contributed by atoms with van der Waals surface area (Å²) in [6.07, 6.45) is 0. The molecule has 2 N–H and O–H groups in total. The molecule has 2 amide bonds. The summed E-state index contributed by atoms with van der Waals surface area (Å²) >= 11 is 0. The number of nitrogens with one attached hydrogen (secondary N) is 2. The van der Waals surface area contributed by atoms with Gasteiger partial charge in [0, 0.05) is 18.1 Å². The minimum Gasteiger partial charge on any atom is -0.331 e. The number of anilines is 1. The topological polar surface area (TPSA) is 78.1 Å². The second kappa shape index (κ2) is 6.49. The molecule has 1 heterocycles. The van der Waals surface area contributed by atoms with Crippen LogP contribution in [0.15, 0.2) is 48.5 Å². The van der Waals surface area contributed by atoms with Crippen molar-refractivity contribution in [3.8, 4) is 0 Å². The first-order valence-corrected chi connectivity index (χ1v) is 7.28. The highest BCUT2D eigenvalue weighted by Crippen LogP contribution is 2.16. The van der Waals surface area contributed by atoms with Crippen molar-refractivity contribution in [1.82, 2.24) is 15.1 Å². The fourth-order valence-electron chi connectivity index (χ4n) is 2.33. The Morgan fingerprint density at radius 3 is 2.62 bits per heavy atom. The lowest BCUT2D eigenvalue weighted by atomic mass is 10.2. The minimum atomic E-state index is -0.384. The van der Waals surface area contributed by atoms with Crippen molar-refractivity contribution in [3.63, 3.8) is 0 Å². The lowest BCUT2D eigenvalue weighted by Crippen LogP contribution is -2.35. The molecule has 0 atom stereocenters. The zero-order valence-electron chi connectivity index (χ0n) is 12.9. The lowest BCUT2D eigenvalue weighted by Gasteiger charge is -2.15. The van der Waals surface area contributed by atoms with E-state index in [1.807, 2.05) is 18.2 Å². The van der Waals surface area contributed by atoms with Gasteiger partial charge in [-0.3, -0.25) is 14.7 Å². The summed E-state index contributed by atoms with van der Waals surface area (Å²) in [5.41, 5.74) is 1.49. The average Bonchev–Trinajstić information content (AvgIpc) is 3.00. The minimum absolute atomic E-state index is 0.141. The first kappa shape index (κ1) is 15.7. The standard InChI is InChI=1S/C17H15FN4O2/c1-22(10-15(23)19-12-8-6-11(18)7-9-12)17(24)16-13-4-2-3-5-14(13)20-21-16/h2-9H,10H2,1H3,(H,19,23)(H,20,21). The van der Waals surface area contributed by atoms with Crippen molar-refractivity contribution in [1.29, 1.82) is 0 Å². The molecule has 6 nitrogen and oxygen atoms in total. The van der Waals surface area contributed by atoms with E-state index >= 15 is 0 Å². The van der Waals surface area contributed by atoms with Crippen LogP contribution in [0, 0.1) is 5.82 Å². The largest absolute Gasteiger partial charge is 0.331 e. The number of fused-ring (bicyclic) bond motifs is 1. The van der Waals surface area contributed by atoms with Crippen LogP contribution in [0.3, 0.4) is 0 Å². The average molecular weight is 326 g/mol. The predicted octanol–water partition coefficient (Wildman–Crippen LogP) is 2.41. The molecule has 0 aliphatic carbocycles. The van der Waals surface area contributed by atoms with Gasteiger partial charge in [0.25, 0.3) is 5.91 Å². The van der Waals surface area contributed by atoms with Gasteiger partial charge in [0.2, 0.25) is 5.91 Å². The summed E-state index contributed by atoms with van der Waals surface area (Å²) in [6, 6.07) is 12.7. The maximum Gasteiger partial charge on any atom is 0.275 e. The van der Waals surface area contributed by atoms with Crippen LogP contribution in [0.2, 0.25) is 0 Å². The molecule has 7 heteroatoms. The molecule has 122 valence electrons. The van der Waals surface area contributed by atoms with Crippen LogP contribution in [0.25, 0.3) is 10.9 Å². The van der Waals surface area contributed by atoms with Gasteiger partial charge in [-0.05, 0) is 30.3 Å². The molecule has 0 radical (unpaired) electrons. The second-order valence-corrected chi connectivity index (χ2v) is 5.33. The molecule has 0 spiro atoms. The summed E-state index contributed by atoms with van der Waals surface area (Å²) in [4.78, 5) is 25.8. The van der Waals surface area contributed by atoms with Gasteiger partial charge in [0.15, 0.2) is 5.69 Å². The predicted molar refractivity (Wildman–Crippen MR) is 88.1 cm³/mol. The highest BCUT2D eigenvalue weighted by Gasteiger charge is 2.20. The number of benzene rings is 2. The third-order valence-corrected chi connectivity index (χ3v) is 3.53. The number of hydrogen-bond acceptors (Lipinski definition) is 3. The van der Waals surface area contributed by atoms with E-state index in [4.69, 9.17) is 0 Å². The molecule has 0 unspecified atom stereocenters. The summed E-state index contributed by atoms with van der Waals surface area (Å²) in [5.74, 6) is -1.12. The number of aromatic amines is 1. The highest BCUT2D eigenvalue weighted by molar-refractivity contribution is 6.06. The lowest BCUT2D eigenvalue weighted by molar-refractivity contribution is -0.116. The van der Waals surface area contributed by atoms with Gasteiger partial charge in [-0.2, -0.15) is 5.10 Å². The van der Waals surface area contributed by atoms with Crippen molar-refractivity contribution in [2.75, 3.05) is 18.9 Å². The van der Waals surface area contributed by atoms with Crippen LogP contribution in [0.4, 0.5) is 10.1 Å². The van der Waals surface area contributed by atoms with Crippen molar-refractivity contribution >= 4 is 28.4 Å². The third kappa shape index (κ3) is 3.24. The van der Waals surface area contributed by atoms with E-state index in [0.717, 1.165) is 5.52 Å². The van der Waals surface area contributed by atoms with Gasteiger partial charge >= 0.3 is 0 Å². The second-order valence-electron chi connectivity index (χ2n) is 5.33. The summed E-state index contributed by atoms with van der Waals surface area (Å²) in [7, 11) is 1.52. The van der Waals surface area contributed by atoms with Crippen LogP contribution < -0.4 is 5.32 Å². The molecule has 2 aromatic carbocycles. The van der Waals surface area contributed by atoms with Gasteiger partial charge in [-0.25, -0.2) is 4.39 Å². The molecule has 0 bridgehead atoms. The Morgan fingerprint density at radius 1 is 1.17 bits per heavy atom. The number of para-hydroxylation sites is 1. The number of aromatic nitrogens is 2. The Bertz CT molecular complexity index is 889. The number of hydrogen-bond donors (Lipinski definition) is 2. The molecular weight excluding hydrogens is 311 g/mol. The smallest absolute Gasteiger partial charge is 0.275 e. The van der Waals surface area contributed by atoms with Crippen LogP contribution in [-0.2, 0) is 4.79 Å². The fourth-order valence-corrected chi connectivity index (χ4v) is 2.33. The summed E-state index contributed by atoms with van der Waals surface area (Å²) < 4.78 is 12.8. The number of H-pyrrole nitrogens is 1. The normalized spacial score (nSPS) is 10.6. The highest BCUT2D eigenvalue weighted by atomic mass is 19.1. The van der Waals surface area contributed by atoms with E-state index in [0.29, 0.717) is 11.1 Å². The van der Waals surface area contributed by atoms with E-state index in [1.54, 1.807) is 6.07 Å². The quantitative estimate of drug-likeness (QED) is 0.773. The molecule has 1 aromatic heterocycles. The molecule has 3 aromatic rings. The summed E-state index contributed by atoms with van der Waals surface area (Å²) in [5, 5.41) is 10.1. The number of likely N-dealkylation sites (N-methyl/N-ethyl adjacent to an activating group) is 1. The van der Waals surface area contributed by atoms with Crippen LogP contribution in [-0.4, -0.2) is 40.5 Å². The number of carbonyl (C=O) groups excluding carboxylic acids is 2. The maximum absolute atomic E-state index is 12.8. The SMILES string of the molecule is CN(CC(=O)Nc1ccc(F)cc1)C(=O)c1n[nH]c2ccccc12. The third-order valence-electron chi connectivity index (χ3n) is 3.53. The van der Waals surface area contributed by atoms with Crippen LogP contribution >= 0.6 is 0 Å². The zero-order valence-corrected chi connectivity index (χ0v) is 12.9. The van der Waals surface area contributed by atoms with Gasteiger partial charge in [0.1, 0.15) is 5.82 Å². The Morgan fingerprint density at radius 2 is 1.88 bits per heavy atom. The molecule has 3 rings (SSSR count). The van der Waals surface area contributed by atoms with E-state index in [1.165, 1.54) is 36.2 Å². The Kier molecular flexibility index (Phi) is 4.24. The first-order chi connectivity index (χ1) is 11.5. The van der Waals surface area contributed by atoms with E-state index in [9.17, 15) is 14.0 Å². The number of nitrogens with zero attached hydrogens (tertiary/aromatic N) is 2. The molecule has 24 heavy (non-hydrogen) atoms. The van der Waals surface area contributed by atoms with E-state index < -0.39 is 0 Å².